The summed E-state index contributed by atoms with van der Waals surface area (Å²) in [5.41, 5.74) is 6.86. The maximum atomic E-state index is 11.4. The van der Waals surface area contributed by atoms with E-state index in [9.17, 15) is 4.79 Å². The SMILES string of the molecule is COC(=O)c1nn(-c2cc(Br)ccc2C#N)cc1N. The second-order valence-corrected chi connectivity index (χ2v) is 4.56. The van der Waals surface area contributed by atoms with Gasteiger partial charge in [-0.1, -0.05) is 15.9 Å². The topological polar surface area (TPSA) is 93.9 Å². The van der Waals surface area contributed by atoms with Crippen LogP contribution >= 0.6 is 15.9 Å². The molecule has 0 unspecified atom stereocenters. The van der Waals surface area contributed by atoms with Gasteiger partial charge in [-0.3, -0.25) is 0 Å². The van der Waals surface area contributed by atoms with E-state index in [0.717, 1.165) is 4.47 Å². The molecule has 0 aliphatic heterocycles. The zero-order chi connectivity index (χ0) is 14.0. The van der Waals surface area contributed by atoms with Gasteiger partial charge in [0.1, 0.15) is 6.07 Å². The second kappa shape index (κ2) is 5.12. The van der Waals surface area contributed by atoms with Crippen LogP contribution in [0.1, 0.15) is 16.1 Å². The highest BCUT2D eigenvalue weighted by Gasteiger charge is 2.17. The molecule has 6 nitrogen and oxygen atoms in total. The number of aromatic nitrogens is 2. The lowest BCUT2D eigenvalue weighted by molar-refractivity contribution is 0.0594. The third-order valence-electron chi connectivity index (χ3n) is 2.45. The molecule has 19 heavy (non-hydrogen) atoms. The Kier molecular flexibility index (Phi) is 3.53. The Balaban J connectivity index is 2.58. The number of benzene rings is 1. The average Bonchev–Trinajstić information content (AvgIpc) is 2.79. The van der Waals surface area contributed by atoms with Crippen LogP contribution in [0.5, 0.6) is 0 Å². The van der Waals surface area contributed by atoms with E-state index in [1.54, 1.807) is 18.2 Å². The van der Waals surface area contributed by atoms with Crippen molar-refractivity contribution >= 4 is 27.6 Å². The van der Waals surface area contributed by atoms with Crippen molar-refractivity contribution in [1.29, 1.82) is 5.26 Å². The number of nitrogen functional groups attached to an aromatic ring is 1. The Bertz CT molecular complexity index is 688. The minimum atomic E-state index is -0.621. The standard InChI is InChI=1S/C12H9BrN4O2/c1-19-12(18)11-9(15)6-17(16-11)10-4-8(13)3-2-7(10)5-14/h2-4,6H,15H2,1H3. The number of nitrogens with two attached hydrogens (primary N) is 1. The first-order valence-electron chi connectivity index (χ1n) is 5.20. The zero-order valence-electron chi connectivity index (χ0n) is 9.92. The number of nitrogens with zero attached hydrogens (tertiary/aromatic N) is 3. The summed E-state index contributed by atoms with van der Waals surface area (Å²) in [6.45, 7) is 0. The van der Waals surface area contributed by atoms with Gasteiger partial charge in [-0.15, -0.1) is 0 Å². The Morgan fingerprint density at radius 2 is 2.32 bits per heavy atom. The van der Waals surface area contributed by atoms with Gasteiger partial charge in [-0.25, -0.2) is 9.48 Å². The highest BCUT2D eigenvalue weighted by Crippen LogP contribution is 2.22. The van der Waals surface area contributed by atoms with Crippen LogP contribution in [0.2, 0.25) is 0 Å². The summed E-state index contributed by atoms with van der Waals surface area (Å²) in [6.07, 6.45) is 1.47. The number of anilines is 1. The van der Waals surface area contributed by atoms with Crippen LogP contribution in [-0.2, 0) is 4.74 Å². The van der Waals surface area contributed by atoms with Crippen LogP contribution in [0.15, 0.2) is 28.9 Å². The predicted octanol–water partition coefficient (Wildman–Crippen LogP) is 1.88. The monoisotopic (exact) mass is 320 g/mol. The summed E-state index contributed by atoms with van der Waals surface area (Å²) in [7, 11) is 1.25. The van der Waals surface area contributed by atoms with Gasteiger partial charge in [-0.2, -0.15) is 10.4 Å². The molecule has 0 aliphatic rings. The van der Waals surface area contributed by atoms with Crippen molar-refractivity contribution < 1.29 is 9.53 Å². The lowest BCUT2D eigenvalue weighted by atomic mass is 10.2. The van der Waals surface area contributed by atoms with Gasteiger partial charge in [0.05, 0.1) is 30.2 Å². The van der Waals surface area contributed by atoms with Crippen LogP contribution < -0.4 is 5.73 Å². The van der Waals surface area contributed by atoms with E-state index in [-0.39, 0.29) is 11.4 Å². The van der Waals surface area contributed by atoms with Crippen molar-refractivity contribution in [3.05, 3.63) is 40.1 Å². The van der Waals surface area contributed by atoms with E-state index in [2.05, 4.69) is 31.8 Å². The summed E-state index contributed by atoms with van der Waals surface area (Å²) >= 11 is 3.32. The summed E-state index contributed by atoms with van der Waals surface area (Å²) in [6, 6.07) is 7.16. The minimum Gasteiger partial charge on any atom is -0.464 e. The van der Waals surface area contributed by atoms with Gasteiger partial charge in [0.2, 0.25) is 0 Å². The zero-order valence-corrected chi connectivity index (χ0v) is 11.5. The maximum Gasteiger partial charge on any atom is 0.360 e. The fourth-order valence-electron chi connectivity index (χ4n) is 1.55. The van der Waals surface area contributed by atoms with Gasteiger partial charge in [0.25, 0.3) is 0 Å². The predicted molar refractivity (Wildman–Crippen MR) is 71.7 cm³/mol. The molecule has 7 heteroatoms. The maximum absolute atomic E-state index is 11.4. The van der Waals surface area contributed by atoms with Crippen molar-refractivity contribution in [1.82, 2.24) is 9.78 Å². The highest BCUT2D eigenvalue weighted by atomic mass is 79.9. The molecule has 0 bridgehead atoms. The molecule has 0 atom stereocenters. The van der Waals surface area contributed by atoms with Crippen LogP contribution in [0, 0.1) is 11.3 Å². The molecule has 2 rings (SSSR count). The fraction of sp³-hybridized carbons (Fsp3) is 0.0833. The first-order valence-corrected chi connectivity index (χ1v) is 5.99. The summed E-state index contributed by atoms with van der Waals surface area (Å²) in [5.74, 6) is -0.621. The van der Waals surface area contributed by atoms with Gasteiger partial charge in [0, 0.05) is 4.47 Å². The van der Waals surface area contributed by atoms with Gasteiger partial charge >= 0.3 is 5.97 Å². The summed E-state index contributed by atoms with van der Waals surface area (Å²) < 4.78 is 6.74. The smallest absolute Gasteiger partial charge is 0.360 e. The molecule has 1 aromatic heterocycles. The molecule has 96 valence electrons. The molecule has 0 amide bonds. The molecule has 0 aliphatic carbocycles. The van der Waals surface area contributed by atoms with E-state index in [0.29, 0.717) is 11.3 Å². The normalized spacial score (nSPS) is 9.95. The highest BCUT2D eigenvalue weighted by molar-refractivity contribution is 9.10. The number of carbonyl (C=O) groups is 1. The van der Waals surface area contributed by atoms with Crippen LogP contribution in [0.3, 0.4) is 0 Å². The first-order chi connectivity index (χ1) is 9.06. The number of esters is 1. The number of rotatable bonds is 2. The van der Waals surface area contributed by atoms with E-state index >= 15 is 0 Å². The van der Waals surface area contributed by atoms with Crippen molar-refractivity contribution in [2.45, 2.75) is 0 Å². The minimum absolute atomic E-state index is 0.0198. The second-order valence-electron chi connectivity index (χ2n) is 3.64. The average molecular weight is 321 g/mol. The van der Waals surface area contributed by atoms with E-state index < -0.39 is 5.97 Å². The van der Waals surface area contributed by atoms with E-state index in [1.165, 1.54) is 18.0 Å². The molecule has 1 aromatic carbocycles. The first kappa shape index (κ1) is 13.1. The third-order valence-corrected chi connectivity index (χ3v) is 2.94. The number of methoxy groups -OCH3 is 1. The molecule has 0 fully saturated rings. The third kappa shape index (κ3) is 2.44. The molecular weight excluding hydrogens is 312 g/mol. The number of hydrogen-bond acceptors (Lipinski definition) is 5. The molecule has 0 radical (unpaired) electrons. The number of nitriles is 1. The lowest BCUT2D eigenvalue weighted by Crippen LogP contribution is -2.06. The number of hydrogen-bond donors (Lipinski definition) is 1. The Hall–Kier alpha value is -2.33. The van der Waals surface area contributed by atoms with Crippen LogP contribution in [0.25, 0.3) is 5.69 Å². The Morgan fingerprint density at radius 3 is 2.95 bits per heavy atom. The Morgan fingerprint density at radius 1 is 1.58 bits per heavy atom. The quantitative estimate of drug-likeness (QED) is 0.852. The van der Waals surface area contributed by atoms with Crippen molar-refractivity contribution in [2.75, 3.05) is 12.8 Å². The van der Waals surface area contributed by atoms with Crippen molar-refractivity contribution in [2.24, 2.45) is 0 Å². The molecule has 0 saturated carbocycles. The molecule has 0 spiro atoms. The Labute approximate surface area is 117 Å². The summed E-state index contributed by atoms with van der Waals surface area (Å²) in [5, 5.41) is 13.1. The van der Waals surface area contributed by atoms with Crippen molar-refractivity contribution in [3.63, 3.8) is 0 Å². The fourth-order valence-corrected chi connectivity index (χ4v) is 1.90. The number of ether oxygens (including phenoxy) is 1. The lowest BCUT2D eigenvalue weighted by Gasteiger charge is -2.04. The number of halogens is 1. The number of carbonyl (C=O) groups excluding carboxylic acids is 1. The summed E-state index contributed by atoms with van der Waals surface area (Å²) in [4.78, 5) is 11.4. The van der Waals surface area contributed by atoms with Gasteiger partial charge in [0.15, 0.2) is 5.69 Å². The van der Waals surface area contributed by atoms with E-state index in [1.807, 2.05) is 0 Å². The molecular formula is C12H9BrN4O2. The van der Waals surface area contributed by atoms with Gasteiger partial charge in [-0.05, 0) is 18.2 Å². The van der Waals surface area contributed by atoms with Crippen molar-refractivity contribution in [3.8, 4) is 11.8 Å². The van der Waals surface area contributed by atoms with Gasteiger partial charge < -0.3 is 10.5 Å². The molecule has 2 N–H and O–H groups in total. The molecule has 1 heterocycles. The molecule has 2 aromatic rings. The molecule has 0 saturated heterocycles. The van der Waals surface area contributed by atoms with E-state index in [4.69, 9.17) is 11.0 Å². The largest absolute Gasteiger partial charge is 0.464 e. The van der Waals surface area contributed by atoms with Crippen LogP contribution in [0.4, 0.5) is 5.69 Å². The van der Waals surface area contributed by atoms with Crippen LogP contribution in [-0.4, -0.2) is 22.9 Å².